The van der Waals surface area contributed by atoms with E-state index in [-0.39, 0.29) is 16.2 Å². The van der Waals surface area contributed by atoms with Crippen molar-refractivity contribution in [2.24, 2.45) is 10.9 Å². The Bertz CT molecular complexity index is 1050. The molecule has 0 N–H and O–H groups in total. The Kier molecular flexibility index (Phi) is 10.6. The van der Waals surface area contributed by atoms with Gasteiger partial charge in [-0.25, -0.2) is 13.8 Å². The summed E-state index contributed by atoms with van der Waals surface area (Å²) in [5.74, 6) is 2.13. The van der Waals surface area contributed by atoms with Crippen LogP contribution < -0.4 is 4.74 Å². The standard InChI is InChI=1S/C29H31F2NOS3/c1-33-25-13-11-24(12-14-25)32-28(34-20-21-5-3-2-4-6-21)19-29(35-26-15-7-22(30)8-16-26)36-27-17-9-23(31)10-18-27/h7-18,21,29H,2-6,19-20H2,1H3. The molecule has 36 heavy (non-hydrogen) atoms. The second-order valence-corrected chi connectivity index (χ2v) is 12.7. The molecule has 0 atom stereocenters. The third-order valence-corrected chi connectivity index (χ3v) is 9.79. The summed E-state index contributed by atoms with van der Waals surface area (Å²) in [6.45, 7) is 0. The highest BCUT2D eigenvalue weighted by molar-refractivity contribution is 8.17. The second kappa shape index (κ2) is 14.1. The molecule has 0 heterocycles. The first-order chi connectivity index (χ1) is 17.6. The summed E-state index contributed by atoms with van der Waals surface area (Å²) in [5.41, 5.74) is 0.902. The van der Waals surface area contributed by atoms with Crippen molar-refractivity contribution in [3.8, 4) is 5.75 Å². The van der Waals surface area contributed by atoms with Gasteiger partial charge < -0.3 is 4.74 Å². The number of hydrogen-bond acceptors (Lipinski definition) is 5. The van der Waals surface area contributed by atoms with E-state index >= 15 is 0 Å². The molecule has 1 aliphatic rings. The average molecular weight is 544 g/mol. The van der Waals surface area contributed by atoms with E-state index in [0.717, 1.165) is 44.4 Å². The number of benzene rings is 3. The van der Waals surface area contributed by atoms with Gasteiger partial charge in [-0.1, -0.05) is 19.3 Å². The van der Waals surface area contributed by atoms with Gasteiger partial charge in [0.2, 0.25) is 0 Å². The normalized spacial score (nSPS) is 14.8. The van der Waals surface area contributed by atoms with Gasteiger partial charge in [0.25, 0.3) is 0 Å². The molecule has 0 amide bonds. The van der Waals surface area contributed by atoms with E-state index < -0.39 is 0 Å². The van der Waals surface area contributed by atoms with Crippen LogP contribution in [0.15, 0.2) is 87.6 Å². The van der Waals surface area contributed by atoms with E-state index in [4.69, 9.17) is 9.73 Å². The van der Waals surface area contributed by atoms with Crippen LogP contribution in [0.3, 0.4) is 0 Å². The van der Waals surface area contributed by atoms with Gasteiger partial charge in [-0.05, 0) is 91.6 Å². The summed E-state index contributed by atoms with van der Waals surface area (Å²) in [6.07, 6.45) is 7.31. The van der Waals surface area contributed by atoms with E-state index in [1.54, 1.807) is 30.6 Å². The van der Waals surface area contributed by atoms with Crippen molar-refractivity contribution in [1.82, 2.24) is 0 Å². The van der Waals surface area contributed by atoms with Crippen LogP contribution in [-0.4, -0.2) is 22.5 Å². The van der Waals surface area contributed by atoms with Crippen LogP contribution in [0.5, 0.6) is 5.75 Å². The Balaban J connectivity index is 1.55. The molecule has 3 aromatic carbocycles. The maximum Gasteiger partial charge on any atom is 0.123 e. The maximum absolute atomic E-state index is 13.5. The zero-order chi connectivity index (χ0) is 25.2. The lowest BCUT2D eigenvalue weighted by Crippen LogP contribution is -2.12. The molecule has 7 heteroatoms. The number of nitrogens with zero attached hydrogens (tertiary/aromatic N) is 1. The number of rotatable bonds is 10. The van der Waals surface area contributed by atoms with E-state index in [1.165, 1.54) is 56.4 Å². The van der Waals surface area contributed by atoms with E-state index in [2.05, 4.69) is 0 Å². The molecule has 1 aliphatic carbocycles. The van der Waals surface area contributed by atoms with Crippen molar-refractivity contribution >= 4 is 46.0 Å². The monoisotopic (exact) mass is 543 g/mol. The summed E-state index contributed by atoms with van der Waals surface area (Å²) < 4.78 is 32.4. The number of aliphatic imine (C=N–C) groups is 1. The minimum absolute atomic E-state index is 0.0942. The number of methoxy groups -OCH3 is 1. The van der Waals surface area contributed by atoms with Crippen molar-refractivity contribution in [3.63, 3.8) is 0 Å². The van der Waals surface area contributed by atoms with Gasteiger partial charge in [-0.2, -0.15) is 0 Å². The smallest absolute Gasteiger partial charge is 0.123 e. The van der Waals surface area contributed by atoms with E-state index in [9.17, 15) is 8.78 Å². The molecule has 1 saturated carbocycles. The van der Waals surface area contributed by atoms with Gasteiger partial charge in [0.1, 0.15) is 17.4 Å². The highest BCUT2D eigenvalue weighted by Crippen LogP contribution is 2.40. The zero-order valence-corrected chi connectivity index (χ0v) is 22.8. The van der Waals surface area contributed by atoms with Crippen LogP contribution in [0.1, 0.15) is 38.5 Å². The third kappa shape index (κ3) is 8.86. The van der Waals surface area contributed by atoms with Gasteiger partial charge >= 0.3 is 0 Å². The van der Waals surface area contributed by atoms with Crippen LogP contribution in [0.2, 0.25) is 0 Å². The minimum atomic E-state index is -0.244. The molecule has 190 valence electrons. The predicted molar refractivity (Wildman–Crippen MR) is 152 cm³/mol. The summed E-state index contributed by atoms with van der Waals surface area (Å²) in [4.78, 5) is 7.04. The third-order valence-electron chi connectivity index (χ3n) is 6.04. The molecule has 2 nitrogen and oxygen atoms in total. The number of hydrogen-bond donors (Lipinski definition) is 0. The van der Waals surface area contributed by atoms with Crippen LogP contribution in [0.25, 0.3) is 0 Å². The molecule has 3 aromatic rings. The number of thioether (sulfide) groups is 3. The molecule has 0 unspecified atom stereocenters. The van der Waals surface area contributed by atoms with Crippen molar-refractivity contribution in [2.45, 2.75) is 52.9 Å². The quantitative estimate of drug-likeness (QED) is 0.110. The Morgan fingerprint density at radius 2 is 1.39 bits per heavy atom. The van der Waals surface area contributed by atoms with Gasteiger partial charge in [0.15, 0.2) is 0 Å². The molecule has 0 aliphatic heterocycles. The number of halogens is 2. The molecule has 0 spiro atoms. The topological polar surface area (TPSA) is 21.6 Å². The highest BCUT2D eigenvalue weighted by Gasteiger charge is 2.20. The Labute approximate surface area is 225 Å². The van der Waals surface area contributed by atoms with Crippen LogP contribution in [0, 0.1) is 17.6 Å². The summed E-state index contributed by atoms with van der Waals surface area (Å²) in [5, 5.41) is 1.08. The Hall–Kier alpha value is -1.96. The van der Waals surface area contributed by atoms with Crippen LogP contribution in [0.4, 0.5) is 14.5 Å². The maximum atomic E-state index is 13.5. The van der Waals surface area contributed by atoms with Crippen LogP contribution >= 0.6 is 35.3 Å². The average Bonchev–Trinajstić information content (AvgIpc) is 2.91. The first kappa shape index (κ1) is 27.1. The first-order valence-electron chi connectivity index (χ1n) is 12.3. The van der Waals surface area contributed by atoms with Gasteiger partial charge in [-0.3, -0.25) is 0 Å². The fourth-order valence-corrected chi connectivity index (χ4v) is 8.05. The van der Waals surface area contributed by atoms with Gasteiger partial charge in [0.05, 0.1) is 22.4 Å². The highest BCUT2D eigenvalue weighted by atomic mass is 32.2. The van der Waals surface area contributed by atoms with Crippen molar-refractivity contribution in [2.75, 3.05) is 12.9 Å². The summed E-state index contributed by atoms with van der Waals surface area (Å²) in [6, 6.07) is 21.0. The van der Waals surface area contributed by atoms with Gasteiger partial charge in [-0.15, -0.1) is 35.3 Å². The molecule has 0 aromatic heterocycles. The lowest BCUT2D eigenvalue weighted by atomic mass is 9.91. The fraction of sp³-hybridized carbons (Fsp3) is 0.345. The van der Waals surface area contributed by atoms with E-state index in [1.807, 2.05) is 60.3 Å². The van der Waals surface area contributed by atoms with Crippen molar-refractivity contribution in [1.29, 1.82) is 0 Å². The second-order valence-electron chi connectivity index (χ2n) is 8.80. The van der Waals surface area contributed by atoms with Crippen molar-refractivity contribution < 1.29 is 13.5 Å². The largest absolute Gasteiger partial charge is 0.497 e. The number of ether oxygens (including phenoxy) is 1. The van der Waals surface area contributed by atoms with Crippen LogP contribution in [-0.2, 0) is 0 Å². The molecule has 0 bridgehead atoms. The Morgan fingerprint density at radius 3 is 1.92 bits per heavy atom. The van der Waals surface area contributed by atoms with E-state index in [0.29, 0.717) is 0 Å². The molecular weight excluding hydrogens is 513 g/mol. The lowest BCUT2D eigenvalue weighted by Gasteiger charge is -2.22. The summed E-state index contributed by atoms with van der Waals surface area (Å²) >= 11 is 5.24. The van der Waals surface area contributed by atoms with Gasteiger partial charge in [0, 0.05) is 22.0 Å². The molecule has 4 rings (SSSR count). The minimum Gasteiger partial charge on any atom is -0.497 e. The molecule has 0 saturated heterocycles. The predicted octanol–water partition coefficient (Wildman–Crippen LogP) is 9.62. The Morgan fingerprint density at radius 1 is 0.833 bits per heavy atom. The molecular formula is C29H31F2NOS3. The fourth-order valence-electron chi connectivity index (χ4n) is 4.09. The van der Waals surface area contributed by atoms with Crippen molar-refractivity contribution in [3.05, 3.63) is 84.4 Å². The molecule has 0 radical (unpaired) electrons. The lowest BCUT2D eigenvalue weighted by molar-refractivity contribution is 0.391. The molecule has 1 fully saturated rings. The first-order valence-corrected chi connectivity index (χ1v) is 15.0. The SMILES string of the molecule is COc1ccc(N=C(CC(Sc2ccc(F)cc2)Sc2ccc(F)cc2)SCC2CCCCC2)cc1. The summed E-state index contributed by atoms with van der Waals surface area (Å²) in [7, 11) is 1.66. The zero-order valence-electron chi connectivity index (χ0n) is 20.4.